The van der Waals surface area contributed by atoms with Crippen LogP contribution in [0.3, 0.4) is 0 Å². The van der Waals surface area contributed by atoms with Crippen molar-refractivity contribution in [3.8, 4) is 0 Å². The zero-order valence-corrected chi connectivity index (χ0v) is 12.9. The molecule has 0 saturated carbocycles. The van der Waals surface area contributed by atoms with E-state index < -0.39 is 0 Å². The average Bonchev–Trinajstić information content (AvgIpc) is 3.02. The first kappa shape index (κ1) is 13.7. The molecule has 0 bridgehead atoms. The van der Waals surface area contributed by atoms with Gasteiger partial charge in [0.25, 0.3) is 5.91 Å². The number of aromatic nitrogens is 1. The van der Waals surface area contributed by atoms with E-state index in [4.69, 9.17) is 0 Å². The highest BCUT2D eigenvalue weighted by molar-refractivity contribution is 7.22. The van der Waals surface area contributed by atoms with Gasteiger partial charge in [-0.2, -0.15) is 0 Å². The summed E-state index contributed by atoms with van der Waals surface area (Å²) in [5, 5.41) is 2.64. The third kappa shape index (κ3) is 2.62. The molecule has 0 fully saturated rings. The van der Waals surface area contributed by atoms with E-state index in [1.807, 2.05) is 66.7 Å². The van der Waals surface area contributed by atoms with E-state index in [-0.39, 0.29) is 5.91 Å². The Morgan fingerprint density at radius 1 is 0.913 bits per heavy atom. The molecule has 2 N–H and O–H groups in total. The Labute approximate surface area is 136 Å². The largest absolute Gasteiger partial charge is 0.273 e. The lowest BCUT2D eigenvalue weighted by Gasteiger charge is -2.08. The van der Waals surface area contributed by atoms with E-state index in [1.165, 1.54) is 11.3 Å². The number of hydrazine groups is 1. The molecule has 0 aliphatic heterocycles. The number of hydrogen-bond acceptors (Lipinski definition) is 4. The minimum Gasteiger partial charge on any atom is -0.273 e. The molecular weight excluding hydrogens is 306 g/mol. The molecule has 0 saturated heterocycles. The number of para-hydroxylation sites is 1. The SMILES string of the molecule is O=C(NNc1nc2ccccc2s1)c1cccc2ccccc12. The molecule has 1 heterocycles. The molecule has 0 atom stereocenters. The van der Waals surface area contributed by atoms with Crippen LogP contribution in [0.15, 0.2) is 66.7 Å². The molecule has 4 rings (SSSR count). The number of nitrogens with one attached hydrogen (secondary N) is 2. The van der Waals surface area contributed by atoms with Crippen LogP contribution in [0.2, 0.25) is 0 Å². The van der Waals surface area contributed by atoms with Gasteiger partial charge in [0.1, 0.15) is 0 Å². The van der Waals surface area contributed by atoms with Gasteiger partial charge in [-0.25, -0.2) is 4.98 Å². The van der Waals surface area contributed by atoms with Crippen LogP contribution in [0.4, 0.5) is 5.13 Å². The zero-order chi connectivity index (χ0) is 15.6. The second kappa shape index (κ2) is 5.70. The Morgan fingerprint density at radius 2 is 1.70 bits per heavy atom. The van der Waals surface area contributed by atoms with Crippen LogP contribution < -0.4 is 10.9 Å². The first-order valence-electron chi connectivity index (χ1n) is 7.21. The van der Waals surface area contributed by atoms with Crippen LogP contribution in [0.1, 0.15) is 10.4 Å². The minimum atomic E-state index is -0.180. The zero-order valence-electron chi connectivity index (χ0n) is 12.1. The van der Waals surface area contributed by atoms with Crippen LogP contribution >= 0.6 is 11.3 Å². The highest BCUT2D eigenvalue weighted by Crippen LogP contribution is 2.25. The van der Waals surface area contributed by atoms with E-state index in [2.05, 4.69) is 15.8 Å². The molecule has 112 valence electrons. The second-order valence-electron chi connectivity index (χ2n) is 5.09. The number of benzene rings is 3. The van der Waals surface area contributed by atoms with Crippen LogP contribution in [-0.4, -0.2) is 10.9 Å². The predicted octanol–water partition coefficient (Wildman–Crippen LogP) is 4.21. The summed E-state index contributed by atoms with van der Waals surface area (Å²) in [7, 11) is 0. The summed E-state index contributed by atoms with van der Waals surface area (Å²) in [6.45, 7) is 0. The number of carbonyl (C=O) groups is 1. The molecule has 0 aliphatic carbocycles. The van der Waals surface area contributed by atoms with Crippen molar-refractivity contribution < 1.29 is 4.79 Å². The number of hydrogen-bond donors (Lipinski definition) is 2. The number of anilines is 1. The lowest BCUT2D eigenvalue weighted by atomic mass is 10.0. The smallest absolute Gasteiger partial charge is 0.270 e. The maximum absolute atomic E-state index is 12.5. The second-order valence-corrected chi connectivity index (χ2v) is 6.12. The van der Waals surface area contributed by atoms with Gasteiger partial charge >= 0.3 is 0 Å². The van der Waals surface area contributed by atoms with Gasteiger partial charge in [-0.05, 0) is 29.0 Å². The summed E-state index contributed by atoms with van der Waals surface area (Å²) >= 11 is 1.50. The van der Waals surface area contributed by atoms with Crippen molar-refractivity contribution in [1.29, 1.82) is 0 Å². The lowest BCUT2D eigenvalue weighted by molar-refractivity contribution is 0.0964. The highest BCUT2D eigenvalue weighted by Gasteiger charge is 2.10. The van der Waals surface area contributed by atoms with E-state index in [9.17, 15) is 4.79 Å². The van der Waals surface area contributed by atoms with Crippen LogP contribution in [0.25, 0.3) is 21.0 Å². The van der Waals surface area contributed by atoms with Crippen LogP contribution in [0.5, 0.6) is 0 Å². The minimum absolute atomic E-state index is 0.180. The number of rotatable bonds is 3. The first-order chi connectivity index (χ1) is 11.3. The molecule has 4 nitrogen and oxygen atoms in total. The molecule has 1 amide bonds. The lowest BCUT2D eigenvalue weighted by Crippen LogP contribution is -2.29. The van der Waals surface area contributed by atoms with Crippen LogP contribution in [0, 0.1) is 0 Å². The van der Waals surface area contributed by atoms with Gasteiger partial charge in [0, 0.05) is 5.56 Å². The maximum atomic E-state index is 12.5. The number of fused-ring (bicyclic) bond motifs is 2. The van der Waals surface area contributed by atoms with Gasteiger partial charge in [0.15, 0.2) is 0 Å². The Hall–Kier alpha value is -2.92. The number of thiazole rings is 1. The van der Waals surface area contributed by atoms with Crippen molar-refractivity contribution >= 4 is 43.4 Å². The Kier molecular flexibility index (Phi) is 3.40. The molecule has 0 radical (unpaired) electrons. The van der Waals surface area contributed by atoms with Crippen molar-refractivity contribution in [1.82, 2.24) is 10.4 Å². The third-order valence-electron chi connectivity index (χ3n) is 3.61. The Morgan fingerprint density at radius 3 is 2.61 bits per heavy atom. The molecule has 0 spiro atoms. The van der Waals surface area contributed by atoms with E-state index in [1.54, 1.807) is 0 Å². The molecule has 1 aromatic heterocycles. The van der Waals surface area contributed by atoms with Crippen LogP contribution in [-0.2, 0) is 0 Å². The summed E-state index contributed by atoms with van der Waals surface area (Å²) in [6.07, 6.45) is 0. The van der Waals surface area contributed by atoms with Crippen molar-refractivity contribution in [2.45, 2.75) is 0 Å². The van der Waals surface area contributed by atoms with E-state index in [0.29, 0.717) is 10.7 Å². The fourth-order valence-electron chi connectivity index (χ4n) is 2.53. The van der Waals surface area contributed by atoms with Gasteiger partial charge in [-0.1, -0.05) is 59.9 Å². The molecule has 0 unspecified atom stereocenters. The first-order valence-corrected chi connectivity index (χ1v) is 8.02. The fourth-order valence-corrected chi connectivity index (χ4v) is 3.35. The average molecular weight is 319 g/mol. The summed E-state index contributed by atoms with van der Waals surface area (Å²) in [6, 6.07) is 21.4. The summed E-state index contributed by atoms with van der Waals surface area (Å²) < 4.78 is 1.08. The van der Waals surface area contributed by atoms with Crippen molar-refractivity contribution in [2.75, 3.05) is 5.43 Å². The number of amides is 1. The molecular formula is C18H13N3OS. The normalized spacial score (nSPS) is 10.8. The van der Waals surface area contributed by atoms with Gasteiger partial charge in [0.2, 0.25) is 5.13 Å². The standard InChI is InChI=1S/C18H13N3OS/c22-17(14-9-5-7-12-6-1-2-8-13(12)14)20-21-18-19-15-10-3-4-11-16(15)23-18/h1-11H,(H,19,21)(H,20,22). The fraction of sp³-hybridized carbons (Fsp3) is 0. The molecule has 0 aliphatic rings. The summed E-state index contributed by atoms with van der Waals surface area (Å²) in [5.41, 5.74) is 7.18. The maximum Gasteiger partial charge on any atom is 0.270 e. The predicted molar refractivity (Wildman–Crippen MR) is 94.7 cm³/mol. The topological polar surface area (TPSA) is 54.0 Å². The Balaban J connectivity index is 1.57. The van der Waals surface area contributed by atoms with Crippen molar-refractivity contribution in [2.24, 2.45) is 0 Å². The Bertz CT molecular complexity index is 971. The van der Waals surface area contributed by atoms with Crippen molar-refractivity contribution in [3.63, 3.8) is 0 Å². The number of nitrogens with zero attached hydrogens (tertiary/aromatic N) is 1. The van der Waals surface area contributed by atoms with Crippen molar-refractivity contribution in [3.05, 3.63) is 72.3 Å². The monoisotopic (exact) mass is 319 g/mol. The summed E-state index contributed by atoms with van der Waals surface area (Å²) in [4.78, 5) is 16.9. The van der Waals surface area contributed by atoms with Gasteiger partial charge < -0.3 is 0 Å². The molecule has 5 heteroatoms. The van der Waals surface area contributed by atoms with Gasteiger partial charge in [0.05, 0.1) is 10.2 Å². The highest BCUT2D eigenvalue weighted by atomic mass is 32.1. The molecule has 4 aromatic rings. The molecule has 23 heavy (non-hydrogen) atoms. The summed E-state index contributed by atoms with van der Waals surface area (Å²) in [5.74, 6) is -0.180. The third-order valence-corrected chi connectivity index (χ3v) is 4.56. The van der Waals surface area contributed by atoms with E-state index in [0.717, 1.165) is 21.0 Å². The quantitative estimate of drug-likeness (QED) is 0.556. The molecule has 3 aromatic carbocycles. The number of carbonyl (C=O) groups excluding carboxylic acids is 1. The van der Waals surface area contributed by atoms with Gasteiger partial charge in [-0.3, -0.25) is 15.6 Å². The van der Waals surface area contributed by atoms with Gasteiger partial charge in [-0.15, -0.1) is 0 Å². The van der Waals surface area contributed by atoms with E-state index >= 15 is 0 Å².